The molecule has 0 fully saturated rings. The quantitative estimate of drug-likeness (QED) is 0.871. The Hall–Kier alpha value is -1.94. The van der Waals surface area contributed by atoms with Crippen LogP contribution >= 0.6 is 0 Å². The molecule has 0 saturated carbocycles. The standard InChI is InChI=1S/C17H19F2NO/c1-11(2)20-10-13-5-4-6-15(19)17(13)21-16-9-12(3)7-8-14(16)18/h4-9,11,20H,10H2,1-3H3. The van der Waals surface area contributed by atoms with Crippen LogP contribution in [0.2, 0.25) is 0 Å². The average molecular weight is 291 g/mol. The summed E-state index contributed by atoms with van der Waals surface area (Å²) in [6.45, 7) is 6.28. The molecule has 112 valence electrons. The van der Waals surface area contributed by atoms with E-state index in [1.807, 2.05) is 20.8 Å². The number of rotatable bonds is 5. The summed E-state index contributed by atoms with van der Waals surface area (Å²) >= 11 is 0. The van der Waals surface area contributed by atoms with Crippen LogP contribution in [-0.4, -0.2) is 6.04 Å². The molecule has 0 aromatic heterocycles. The van der Waals surface area contributed by atoms with E-state index < -0.39 is 11.6 Å². The van der Waals surface area contributed by atoms with Gasteiger partial charge in [0.25, 0.3) is 0 Å². The molecule has 2 nitrogen and oxygen atoms in total. The second kappa shape index (κ2) is 6.68. The van der Waals surface area contributed by atoms with Crippen molar-refractivity contribution in [3.05, 3.63) is 59.2 Å². The Bertz CT molecular complexity index is 626. The number of para-hydroxylation sites is 1. The van der Waals surface area contributed by atoms with E-state index in [0.29, 0.717) is 12.1 Å². The number of nitrogens with one attached hydrogen (secondary N) is 1. The Labute approximate surface area is 123 Å². The van der Waals surface area contributed by atoms with Crippen molar-refractivity contribution in [2.24, 2.45) is 0 Å². The summed E-state index contributed by atoms with van der Waals surface area (Å²) in [6, 6.07) is 9.47. The summed E-state index contributed by atoms with van der Waals surface area (Å²) in [6.07, 6.45) is 0. The maximum Gasteiger partial charge on any atom is 0.167 e. The third-order valence-corrected chi connectivity index (χ3v) is 3.05. The molecule has 21 heavy (non-hydrogen) atoms. The van der Waals surface area contributed by atoms with Crippen LogP contribution in [0.5, 0.6) is 11.5 Å². The van der Waals surface area contributed by atoms with E-state index in [-0.39, 0.29) is 17.5 Å². The second-order valence-corrected chi connectivity index (χ2v) is 5.30. The largest absolute Gasteiger partial charge is 0.451 e. The molecule has 0 saturated heterocycles. The minimum atomic E-state index is -0.508. The first-order valence-corrected chi connectivity index (χ1v) is 6.92. The van der Waals surface area contributed by atoms with Crippen LogP contribution in [-0.2, 0) is 6.54 Å². The molecule has 4 heteroatoms. The van der Waals surface area contributed by atoms with Crippen LogP contribution < -0.4 is 10.1 Å². The molecule has 0 aliphatic rings. The zero-order valence-corrected chi connectivity index (χ0v) is 12.4. The summed E-state index contributed by atoms with van der Waals surface area (Å²) in [7, 11) is 0. The monoisotopic (exact) mass is 291 g/mol. The summed E-state index contributed by atoms with van der Waals surface area (Å²) in [5.74, 6) is -0.911. The number of hydrogen-bond donors (Lipinski definition) is 1. The number of hydrogen-bond acceptors (Lipinski definition) is 2. The third kappa shape index (κ3) is 4.02. The Morgan fingerprint density at radius 2 is 1.86 bits per heavy atom. The van der Waals surface area contributed by atoms with Crippen LogP contribution in [0.25, 0.3) is 0 Å². The van der Waals surface area contributed by atoms with E-state index in [2.05, 4.69) is 5.32 Å². The van der Waals surface area contributed by atoms with Gasteiger partial charge in [-0.2, -0.15) is 0 Å². The molecule has 0 bridgehead atoms. The highest BCUT2D eigenvalue weighted by Gasteiger charge is 2.13. The van der Waals surface area contributed by atoms with Gasteiger partial charge in [0.2, 0.25) is 0 Å². The SMILES string of the molecule is Cc1ccc(F)c(Oc2c(F)cccc2CNC(C)C)c1. The van der Waals surface area contributed by atoms with E-state index in [1.54, 1.807) is 24.3 Å². The van der Waals surface area contributed by atoms with E-state index in [9.17, 15) is 8.78 Å². The second-order valence-electron chi connectivity index (χ2n) is 5.30. The Balaban J connectivity index is 2.32. The van der Waals surface area contributed by atoms with Gasteiger partial charge in [0.15, 0.2) is 23.1 Å². The fraction of sp³-hybridized carbons (Fsp3) is 0.294. The first-order chi connectivity index (χ1) is 9.97. The molecular weight excluding hydrogens is 272 g/mol. The zero-order chi connectivity index (χ0) is 15.4. The van der Waals surface area contributed by atoms with Gasteiger partial charge in [-0.05, 0) is 30.7 Å². The Kier molecular flexibility index (Phi) is 4.91. The van der Waals surface area contributed by atoms with Crippen molar-refractivity contribution in [1.82, 2.24) is 5.32 Å². The van der Waals surface area contributed by atoms with Crippen LogP contribution in [0.15, 0.2) is 36.4 Å². The molecule has 2 aromatic rings. The first-order valence-electron chi connectivity index (χ1n) is 6.92. The lowest BCUT2D eigenvalue weighted by molar-refractivity contribution is 0.406. The topological polar surface area (TPSA) is 21.3 Å². The summed E-state index contributed by atoms with van der Waals surface area (Å²) in [5.41, 5.74) is 1.51. The smallest absolute Gasteiger partial charge is 0.167 e. The lowest BCUT2D eigenvalue weighted by Crippen LogP contribution is -2.22. The Morgan fingerprint density at radius 3 is 2.57 bits per heavy atom. The molecule has 2 rings (SSSR count). The fourth-order valence-corrected chi connectivity index (χ4v) is 1.92. The molecule has 0 aliphatic heterocycles. The van der Waals surface area contributed by atoms with Crippen molar-refractivity contribution in [3.8, 4) is 11.5 Å². The molecular formula is C17H19F2NO. The highest BCUT2D eigenvalue weighted by molar-refractivity contribution is 5.40. The van der Waals surface area contributed by atoms with E-state index in [1.165, 1.54) is 12.1 Å². The number of aryl methyl sites for hydroxylation is 1. The van der Waals surface area contributed by atoms with Crippen LogP contribution in [0, 0.1) is 18.6 Å². The Morgan fingerprint density at radius 1 is 1.10 bits per heavy atom. The average Bonchev–Trinajstić information content (AvgIpc) is 2.43. The van der Waals surface area contributed by atoms with Gasteiger partial charge in [0, 0.05) is 18.2 Å². The van der Waals surface area contributed by atoms with Gasteiger partial charge in [0.1, 0.15) is 0 Å². The van der Waals surface area contributed by atoms with Crippen molar-refractivity contribution in [2.75, 3.05) is 0 Å². The molecule has 0 unspecified atom stereocenters. The number of ether oxygens (including phenoxy) is 1. The van der Waals surface area contributed by atoms with Crippen molar-refractivity contribution in [3.63, 3.8) is 0 Å². The van der Waals surface area contributed by atoms with Crippen LogP contribution in [0.1, 0.15) is 25.0 Å². The molecule has 1 N–H and O–H groups in total. The maximum atomic E-state index is 14.0. The third-order valence-electron chi connectivity index (χ3n) is 3.05. The van der Waals surface area contributed by atoms with Crippen LogP contribution in [0.3, 0.4) is 0 Å². The van der Waals surface area contributed by atoms with Gasteiger partial charge in [-0.1, -0.05) is 32.0 Å². The predicted molar refractivity (Wildman–Crippen MR) is 79.6 cm³/mol. The lowest BCUT2D eigenvalue weighted by atomic mass is 10.1. The van der Waals surface area contributed by atoms with Gasteiger partial charge in [0.05, 0.1) is 0 Å². The minimum absolute atomic E-state index is 0.0332. The fourth-order valence-electron chi connectivity index (χ4n) is 1.92. The van der Waals surface area contributed by atoms with Crippen molar-refractivity contribution in [2.45, 2.75) is 33.4 Å². The predicted octanol–water partition coefficient (Wildman–Crippen LogP) is 4.56. The van der Waals surface area contributed by atoms with Gasteiger partial charge < -0.3 is 10.1 Å². The summed E-state index contributed by atoms with van der Waals surface area (Å²) < 4.78 is 33.3. The van der Waals surface area contributed by atoms with E-state index >= 15 is 0 Å². The van der Waals surface area contributed by atoms with Crippen molar-refractivity contribution >= 4 is 0 Å². The number of benzene rings is 2. The van der Waals surface area contributed by atoms with Gasteiger partial charge >= 0.3 is 0 Å². The molecule has 0 spiro atoms. The van der Waals surface area contributed by atoms with Gasteiger partial charge in [-0.15, -0.1) is 0 Å². The molecule has 0 radical (unpaired) electrons. The normalized spacial score (nSPS) is 11.0. The minimum Gasteiger partial charge on any atom is -0.451 e. The van der Waals surface area contributed by atoms with Gasteiger partial charge in [-0.3, -0.25) is 0 Å². The molecule has 0 amide bonds. The maximum absolute atomic E-state index is 14.0. The van der Waals surface area contributed by atoms with Crippen LogP contribution in [0.4, 0.5) is 8.78 Å². The lowest BCUT2D eigenvalue weighted by Gasteiger charge is -2.15. The highest BCUT2D eigenvalue weighted by Crippen LogP contribution is 2.30. The molecule has 0 heterocycles. The van der Waals surface area contributed by atoms with Crippen molar-refractivity contribution < 1.29 is 13.5 Å². The van der Waals surface area contributed by atoms with E-state index in [4.69, 9.17) is 4.74 Å². The molecule has 2 aromatic carbocycles. The van der Waals surface area contributed by atoms with Gasteiger partial charge in [-0.25, -0.2) is 8.78 Å². The molecule has 0 aliphatic carbocycles. The first kappa shape index (κ1) is 15.4. The zero-order valence-electron chi connectivity index (χ0n) is 12.4. The van der Waals surface area contributed by atoms with Crippen molar-refractivity contribution in [1.29, 1.82) is 0 Å². The molecule has 0 atom stereocenters. The summed E-state index contributed by atoms with van der Waals surface area (Å²) in [5, 5.41) is 3.20. The summed E-state index contributed by atoms with van der Waals surface area (Å²) in [4.78, 5) is 0. The number of halogens is 2. The van der Waals surface area contributed by atoms with E-state index in [0.717, 1.165) is 5.56 Å². The highest BCUT2D eigenvalue weighted by atomic mass is 19.1.